The smallest absolute Gasteiger partial charge is 0.222 e. The molecule has 0 aromatic carbocycles. The molecular formula is C14H25N3O2. The van der Waals surface area contributed by atoms with E-state index in [4.69, 9.17) is 5.11 Å². The van der Waals surface area contributed by atoms with Gasteiger partial charge in [0.2, 0.25) is 5.91 Å². The maximum absolute atomic E-state index is 11.8. The summed E-state index contributed by atoms with van der Waals surface area (Å²) in [5, 5.41) is 11.9. The van der Waals surface area contributed by atoms with Crippen molar-refractivity contribution >= 4 is 5.91 Å². The number of hydrogen-bond acceptors (Lipinski definition) is 3. The molecule has 5 heteroatoms. The van der Waals surface area contributed by atoms with Crippen LogP contribution in [-0.4, -0.2) is 33.2 Å². The van der Waals surface area contributed by atoms with E-state index in [1.807, 2.05) is 24.6 Å². The van der Waals surface area contributed by atoms with Crippen LogP contribution in [0.4, 0.5) is 0 Å². The standard InChI is InChI=1S/C14H25N3O2/c1-10(2)14-15-6-8-17(14)7-5-13(19)16-12(4)11(3)9-18/h6,8,10-12,18H,5,7,9H2,1-4H3,(H,16,19). The molecule has 5 nitrogen and oxygen atoms in total. The Morgan fingerprint density at radius 1 is 1.42 bits per heavy atom. The SMILES string of the molecule is CC(C)c1nccn1CCC(=O)NC(C)C(C)CO. The molecule has 0 aliphatic carbocycles. The molecule has 2 unspecified atom stereocenters. The van der Waals surface area contributed by atoms with Gasteiger partial charge < -0.3 is 15.0 Å². The number of aromatic nitrogens is 2. The Hall–Kier alpha value is -1.36. The molecule has 1 amide bonds. The maximum atomic E-state index is 11.8. The van der Waals surface area contributed by atoms with Crippen molar-refractivity contribution < 1.29 is 9.90 Å². The van der Waals surface area contributed by atoms with Gasteiger partial charge in [0.25, 0.3) is 0 Å². The predicted octanol–water partition coefficient (Wildman–Crippen LogP) is 1.53. The number of aliphatic hydroxyl groups is 1. The second-order valence-corrected chi connectivity index (χ2v) is 5.40. The number of nitrogens with one attached hydrogen (secondary N) is 1. The van der Waals surface area contributed by atoms with Crippen molar-refractivity contribution in [3.8, 4) is 0 Å². The van der Waals surface area contributed by atoms with Gasteiger partial charge in [-0.15, -0.1) is 0 Å². The first kappa shape index (κ1) is 15.7. The Balaban J connectivity index is 2.44. The Bertz CT molecular complexity index is 401. The first-order valence-electron chi connectivity index (χ1n) is 6.87. The number of aliphatic hydroxyl groups excluding tert-OH is 1. The normalized spacial score (nSPS) is 14.4. The van der Waals surface area contributed by atoms with Crippen molar-refractivity contribution in [1.29, 1.82) is 0 Å². The van der Waals surface area contributed by atoms with Gasteiger partial charge in [-0.2, -0.15) is 0 Å². The lowest BCUT2D eigenvalue weighted by molar-refractivity contribution is -0.122. The van der Waals surface area contributed by atoms with Crippen molar-refractivity contribution in [2.24, 2.45) is 5.92 Å². The van der Waals surface area contributed by atoms with Crippen LogP contribution in [0.5, 0.6) is 0 Å². The second kappa shape index (κ2) is 7.28. The van der Waals surface area contributed by atoms with Gasteiger partial charge in [0, 0.05) is 43.9 Å². The molecule has 0 aliphatic heterocycles. The van der Waals surface area contributed by atoms with Gasteiger partial charge in [-0.1, -0.05) is 20.8 Å². The number of carbonyl (C=O) groups excluding carboxylic acids is 1. The third-order valence-corrected chi connectivity index (χ3v) is 3.37. The van der Waals surface area contributed by atoms with Gasteiger partial charge in [-0.25, -0.2) is 4.98 Å². The van der Waals surface area contributed by atoms with E-state index >= 15 is 0 Å². The Morgan fingerprint density at radius 3 is 2.68 bits per heavy atom. The van der Waals surface area contributed by atoms with Gasteiger partial charge in [0.1, 0.15) is 5.82 Å². The fourth-order valence-corrected chi connectivity index (χ4v) is 1.86. The summed E-state index contributed by atoms with van der Waals surface area (Å²) < 4.78 is 2.02. The zero-order valence-corrected chi connectivity index (χ0v) is 12.3. The minimum absolute atomic E-state index is 0.00939. The molecule has 1 rings (SSSR count). The number of aryl methyl sites for hydroxylation is 1. The van der Waals surface area contributed by atoms with E-state index < -0.39 is 0 Å². The lowest BCUT2D eigenvalue weighted by atomic mass is 10.1. The van der Waals surface area contributed by atoms with Crippen LogP contribution in [0.3, 0.4) is 0 Å². The molecule has 0 saturated carbocycles. The average molecular weight is 267 g/mol. The van der Waals surface area contributed by atoms with Crippen LogP contribution < -0.4 is 5.32 Å². The highest BCUT2D eigenvalue weighted by Crippen LogP contribution is 2.12. The van der Waals surface area contributed by atoms with Gasteiger partial charge >= 0.3 is 0 Å². The molecule has 0 fully saturated rings. The molecule has 1 aromatic rings. The van der Waals surface area contributed by atoms with Crippen LogP contribution in [-0.2, 0) is 11.3 Å². The predicted molar refractivity (Wildman–Crippen MR) is 74.8 cm³/mol. The lowest BCUT2D eigenvalue weighted by Crippen LogP contribution is -2.38. The summed E-state index contributed by atoms with van der Waals surface area (Å²) in [7, 11) is 0. The Morgan fingerprint density at radius 2 is 2.11 bits per heavy atom. The Labute approximate surface area is 115 Å². The summed E-state index contributed by atoms with van der Waals surface area (Å²) in [6, 6.07) is -0.00939. The van der Waals surface area contributed by atoms with Gasteiger partial charge in [-0.3, -0.25) is 4.79 Å². The van der Waals surface area contributed by atoms with Crippen LogP contribution >= 0.6 is 0 Å². The molecule has 108 valence electrons. The fraction of sp³-hybridized carbons (Fsp3) is 0.714. The van der Waals surface area contributed by atoms with E-state index in [1.54, 1.807) is 6.20 Å². The highest BCUT2D eigenvalue weighted by molar-refractivity contribution is 5.76. The summed E-state index contributed by atoms with van der Waals surface area (Å²) in [6.45, 7) is 8.72. The summed E-state index contributed by atoms with van der Waals surface area (Å²) in [5.74, 6) is 1.44. The van der Waals surface area contributed by atoms with E-state index in [1.165, 1.54) is 0 Å². The fourth-order valence-electron chi connectivity index (χ4n) is 1.86. The molecule has 1 aromatic heterocycles. The van der Waals surface area contributed by atoms with E-state index in [0.29, 0.717) is 18.9 Å². The van der Waals surface area contributed by atoms with Gasteiger partial charge in [0.05, 0.1) is 0 Å². The number of hydrogen-bond donors (Lipinski definition) is 2. The maximum Gasteiger partial charge on any atom is 0.222 e. The van der Waals surface area contributed by atoms with Crippen molar-refractivity contribution in [3.05, 3.63) is 18.2 Å². The number of carbonyl (C=O) groups is 1. The first-order chi connectivity index (χ1) is 8.95. The van der Waals surface area contributed by atoms with Crippen LogP contribution in [0.2, 0.25) is 0 Å². The second-order valence-electron chi connectivity index (χ2n) is 5.40. The minimum Gasteiger partial charge on any atom is -0.396 e. The van der Waals surface area contributed by atoms with Crippen LogP contribution in [0.25, 0.3) is 0 Å². The summed E-state index contributed by atoms with van der Waals surface area (Å²) >= 11 is 0. The van der Waals surface area contributed by atoms with E-state index in [0.717, 1.165) is 5.82 Å². The highest BCUT2D eigenvalue weighted by atomic mass is 16.3. The third-order valence-electron chi connectivity index (χ3n) is 3.37. The zero-order valence-electron chi connectivity index (χ0n) is 12.3. The molecule has 2 N–H and O–H groups in total. The summed E-state index contributed by atoms with van der Waals surface area (Å²) in [6.07, 6.45) is 4.10. The molecule has 0 aliphatic rings. The highest BCUT2D eigenvalue weighted by Gasteiger charge is 2.14. The van der Waals surface area contributed by atoms with Crippen molar-refractivity contribution in [2.75, 3.05) is 6.61 Å². The number of rotatable bonds is 7. The van der Waals surface area contributed by atoms with Crippen molar-refractivity contribution in [1.82, 2.24) is 14.9 Å². The largest absolute Gasteiger partial charge is 0.396 e. The average Bonchev–Trinajstić information content (AvgIpc) is 2.83. The van der Waals surface area contributed by atoms with Crippen LogP contribution in [0, 0.1) is 5.92 Å². The Kier molecular flexibility index (Phi) is 6.02. The van der Waals surface area contributed by atoms with Crippen LogP contribution in [0.15, 0.2) is 12.4 Å². The zero-order chi connectivity index (χ0) is 14.4. The van der Waals surface area contributed by atoms with E-state index in [2.05, 4.69) is 24.1 Å². The molecule has 0 radical (unpaired) electrons. The quantitative estimate of drug-likeness (QED) is 0.787. The van der Waals surface area contributed by atoms with Crippen LogP contribution in [0.1, 0.15) is 45.9 Å². The topological polar surface area (TPSA) is 67.2 Å². The molecular weight excluding hydrogens is 242 g/mol. The van der Waals surface area contributed by atoms with E-state index in [9.17, 15) is 4.79 Å². The van der Waals surface area contributed by atoms with Crippen molar-refractivity contribution in [3.63, 3.8) is 0 Å². The van der Waals surface area contributed by atoms with E-state index in [-0.39, 0.29) is 24.5 Å². The first-order valence-corrected chi connectivity index (χ1v) is 6.87. The molecule has 0 saturated heterocycles. The molecule has 2 atom stereocenters. The molecule has 19 heavy (non-hydrogen) atoms. The van der Waals surface area contributed by atoms with Gasteiger partial charge in [0.15, 0.2) is 0 Å². The number of amides is 1. The number of nitrogens with zero attached hydrogens (tertiary/aromatic N) is 2. The minimum atomic E-state index is -0.00939. The summed E-state index contributed by atoms with van der Waals surface area (Å²) in [4.78, 5) is 16.1. The third kappa shape index (κ3) is 4.67. The van der Waals surface area contributed by atoms with Crippen molar-refractivity contribution in [2.45, 2.75) is 52.6 Å². The van der Waals surface area contributed by atoms with Gasteiger partial charge in [-0.05, 0) is 12.8 Å². The summed E-state index contributed by atoms with van der Waals surface area (Å²) in [5.41, 5.74) is 0. The molecule has 0 bridgehead atoms. The lowest BCUT2D eigenvalue weighted by Gasteiger charge is -2.19. The number of imidazole rings is 1. The monoisotopic (exact) mass is 267 g/mol. The molecule has 0 spiro atoms. The molecule has 1 heterocycles.